The molecule has 2 heterocycles. The Morgan fingerprint density at radius 3 is 2.40 bits per heavy atom. The molecule has 2 fully saturated rings. The van der Waals surface area contributed by atoms with E-state index in [0.29, 0.717) is 18.4 Å². The molecule has 6 heteroatoms. The summed E-state index contributed by atoms with van der Waals surface area (Å²) in [4.78, 5) is 0. The van der Waals surface area contributed by atoms with E-state index in [9.17, 15) is 17.9 Å². The first-order valence-electron chi connectivity index (χ1n) is 6.66. The number of sulfone groups is 1. The van der Waals surface area contributed by atoms with Crippen LogP contribution in [0.5, 0.6) is 5.75 Å². The van der Waals surface area contributed by atoms with Crippen LogP contribution in [0.2, 0.25) is 0 Å². The molecule has 0 saturated carbocycles. The van der Waals surface area contributed by atoms with E-state index < -0.39 is 31.8 Å². The summed E-state index contributed by atoms with van der Waals surface area (Å²) in [5, 5.41) is 9.77. The van der Waals surface area contributed by atoms with Gasteiger partial charge in [0.2, 0.25) is 0 Å². The van der Waals surface area contributed by atoms with Gasteiger partial charge in [0, 0.05) is 0 Å². The molecule has 1 aromatic carbocycles. The zero-order valence-corrected chi connectivity index (χ0v) is 12.0. The fraction of sp³-hybridized carbons (Fsp3) is 0.571. The van der Waals surface area contributed by atoms with Crippen molar-refractivity contribution in [1.29, 1.82) is 0 Å². The van der Waals surface area contributed by atoms with Crippen LogP contribution in [-0.4, -0.2) is 31.1 Å². The SMILES string of the molecule is COc1ccc(C2(O)CC3CCC(C2)S3(=O)=O)cc1F. The van der Waals surface area contributed by atoms with Crippen molar-refractivity contribution in [3.8, 4) is 5.75 Å². The molecule has 1 aromatic rings. The maximum atomic E-state index is 13.8. The number of aliphatic hydroxyl groups is 1. The van der Waals surface area contributed by atoms with Crippen molar-refractivity contribution in [3.05, 3.63) is 29.6 Å². The lowest BCUT2D eigenvalue weighted by molar-refractivity contribution is 0.0170. The molecule has 2 saturated heterocycles. The largest absolute Gasteiger partial charge is 0.494 e. The van der Waals surface area contributed by atoms with Crippen LogP contribution in [0.4, 0.5) is 4.39 Å². The third-order valence-electron chi connectivity index (χ3n) is 4.56. The maximum Gasteiger partial charge on any atom is 0.165 e. The van der Waals surface area contributed by atoms with Crippen LogP contribution in [-0.2, 0) is 15.4 Å². The van der Waals surface area contributed by atoms with Crippen LogP contribution in [0.15, 0.2) is 18.2 Å². The normalized spacial score (nSPS) is 35.0. The van der Waals surface area contributed by atoms with Gasteiger partial charge >= 0.3 is 0 Å². The van der Waals surface area contributed by atoms with Crippen LogP contribution in [0.3, 0.4) is 0 Å². The molecule has 0 spiro atoms. The lowest BCUT2D eigenvalue weighted by atomic mass is 9.86. The number of hydrogen-bond donors (Lipinski definition) is 1. The molecule has 2 unspecified atom stereocenters. The van der Waals surface area contributed by atoms with E-state index in [1.165, 1.54) is 19.2 Å². The molecule has 20 heavy (non-hydrogen) atoms. The first-order valence-corrected chi connectivity index (χ1v) is 8.27. The van der Waals surface area contributed by atoms with Crippen LogP contribution < -0.4 is 4.74 Å². The number of fused-ring (bicyclic) bond motifs is 2. The Balaban J connectivity index is 1.97. The number of rotatable bonds is 2. The third-order valence-corrected chi connectivity index (χ3v) is 7.22. The molecule has 0 aliphatic carbocycles. The molecule has 1 N–H and O–H groups in total. The summed E-state index contributed by atoms with van der Waals surface area (Å²) in [7, 11) is -1.73. The Bertz CT molecular complexity index is 621. The highest BCUT2D eigenvalue weighted by Crippen LogP contribution is 2.47. The minimum atomic E-state index is -3.11. The van der Waals surface area contributed by atoms with Crippen molar-refractivity contribution in [2.24, 2.45) is 0 Å². The average Bonchev–Trinajstić information content (AvgIpc) is 2.59. The molecular weight excluding hydrogens is 283 g/mol. The Labute approximate surface area is 117 Å². The predicted molar refractivity (Wildman–Crippen MR) is 71.8 cm³/mol. The van der Waals surface area contributed by atoms with Crippen molar-refractivity contribution < 1.29 is 22.7 Å². The number of ether oxygens (including phenoxy) is 1. The second kappa shape index (κ2) is 4.43. The molecule has 110 valence electrons. The average molecular weight is 300 g/mol. The smallest absolute Gasteiger partial charge is 0.165 e. The minimum absolute atomic E-state index is 0.115. The first-order chi connectivity index (χ1) is 9.37. The summed E-state index contributed by atoms with van der Waals surface area (Å²) in [6.45, 7) is 0. The number of halogens is 1. The molecule has 2 bridgehead atoms. The Kier molecular flexibility index (Phi) is 3.06. The molecule has 0 aromatic heterocycles. The van der Waals surface area contributed by atoms with Gasteiger partial charge in [-0.15, -0.1) is 0 Å². The molecule has 2 atom stereocenters. The van der Waals surface area contributed by atoms with E-state index in [2.05, 4.69) is 0 Å². The van der Waals surface area contributed by atoms with Crippen LogP contribution in [0.25, 0.3) is 0 Å². The first kappa shape index (κ1) is 13.8. The maximum absolute atomic E-state index is 13.8. The fourth-order valence-electron chi connectivity index (χ4n) is 3.44. The zero-order valence-electron chi connectivity index (χ0n) is 11.2. The highest BCUT2D eigenvalue weighted by atomic mass is 32.2. The van der Waals surface area contributed by atoms with Gasteiger partial charge in [-0.05, 0) is 43.4 Å². The van der Waals surface area contributed by atoms with Crippen molar-refractivity contribution in [1.82, 2.24) is 0 Å². The molecule has 4 nitrogen and oxygen atoms in total. The Hall–Kier alpha value is -1.14. The summed E-state index contributed by atoms with van der Waals surface area (Å²) in [6, 6.07) is 4.32. The fourth-order valence-corrected chi connectivity index (χ4v) is 5.93. The Morgan fingerprint density at radius 2 is 1.90 bits per heavy atom. The summed E-state index contributed by atoms with van der Waals surface area (Å²) in [6.07, 6.45) is 1.48. The molecule has 0 radical (unpaired) electrons. The summed E-state index contributed by atoms with van der Waals surface area (Å²) < 4.78 is 42.8. The van der Waals surface area contributed by atoms with Gasteiger partial charge in [0.15, 0.2) is 21.4 Å². The Morgan fingerprint density at radius 1 is 1.30 bits per heavy atom. The van der Waals surface area contributed by atoms with Gasteiger partial charge in [-0.1, -0.05) is 6.07 Å². The predicted octanol–water partition coefficient (Wildman–Crippen LogP) is 1.76. The van der Waals surface area contributed by atoms with E-state index in [-0.39, 0.29) is 18.6 Å². The quantitative estimate of drug-likeness (QED) is 0.904. The van der Waals surface area contributed by atoms with Gasteiger partial charge in [0.05, 0.1) is 23.2 Å². The number of benzene rings is 1. The molecule has 3 rings (SSSR count). The third kappa shape index (κ3) is 1.93. The van der Waals surface area contributed by atoms with E-state index >= 15 is 0 Å². The second-order valence-corrected chi connectivity index (χ2v) is 8.21. The number of methoxy groups -OCH3 is 1. The summed E-state index contributed by atoms with van der Waals surface area (Å²) in [5.74, 6) is -0.428. The molecule has 2 aliphatic rings. The van der Waals surface area contributed by atoms with E-state index in [1.807, 2.05) is 0 Å². The van der Waals surface area contributed by atoms with Gasteiger partial charge in [-0.25, -0.2) is 12.8 Å². The van der Waals surface area contributed by atoms with Gasteiger partial charge in [0.25, 0.3) is 0 Å². The highest BCUT2D eigenvalue weighted by Gasteiger charge is 2.53. The van der Waals surface area contributed by atoms with Crippen LogP contribution in [0, 0.1) is 5.82 Å². The molecule has 0 amide bonds. The van der Waals surface area contributed by atoms with Gasteiger partial charge in [-0.2, -0.15) is 0 Å². The van der Waals surface area contributed by atoms with E-state index in [4.69, 9.17) is 4.74 Å². The number of hydrogen-bond acceptors (Lipinski definition) is 4. The molecular formula is C14H17FO4S. The molecule has 2 aliphatic heterocycles. The van der Waals surface area contributed by atoms with E-state index in [1.54, 1.807) is 6.07 Å². The van der Waals surface area contributed by atoms with Crippen LogP contribution >= 0.6 is 0 Å². The minimum Gasteiger partial charge on any atom is -0.494 e. The van der Waals surface area contributed by atoms with Gasteiger partial charge < -0.3 is 9.84 Å². The van der Waals surface area contributed by atoms with Crippen molar-refractivity contribution >= 4 is 9.84 Å². The monoisotopic (exact) mass is 300 g/mol. The van der Waals surface area contributed by atoms with Gasteiger partial charge in [-0.3, -0.25) is 0 Å². The van der Waals surface area contributed by atoms with Crippen molar-refractivity contribution in [2.45, 2.75) is 41.8 Å². The van der Waals surface area contributed by atoms with E-state index in [0.717, 1.165) is 0 Å². The van der Waals surface area contributed by atoms with Crippen molar-refractivity contribution in [3.63, 3.8) is 0 Å². The van der Waals surface area contributed by atoms with Gasteiger partial charge in [0.1, 0.15) is 0 Å². The standard InChI is InChI=1S/C14H17FO4S/c1-19-13-5-2-9(6-12(13)15)14(16)7-10-3-4-11(8-14)20(10,17)18/h2,5-6,10-11,16H,3-4,7-8H2,1H3. The second-order valence-electron chi connectivity index (χ2n) is 5.70. The van der Waals surface area contributed by atoms with Crippen LogP contribution in [0.1, 0.15) is 31.2 Å². The zero-order chi connectivity index (χ0) is 14.5. The van der Waals surface area contributed by atoms with Crippen molar-refractivity contribution in [2.75, 3.05) is 7.11 Å². The lowest BCUT2D eigenvalue weighted by Crippen LogP contribution is -2.43. The topological polar surface area (TPSA) is 63.6 Å². The highest BCUT2D eigenvalue weighted by molar-refractivity contribution is 7.93. The lowest BCUT2D eigenvalue weighted by Gasteiger charge is -2.36. The summed E-state index contributed by atoms with van der Waals surface area (Å²) in [5.41, 5.74) is -0.827. The summed E-state index contributed by atoms with van der Waals surface area (Å²) >= 11 is 0.